The summed E-state index contributed by atoms with van der Waals surface area (Å²) in [4.78, 5) is 32.1. The molecule has 2 aromatic rings. The number of nitrogens with zero attached hydrogens (tertiary/aromatic N) is 2. The maximum atomic E-state index is 11.6. The van der Waals surface area contributed by atoms with Crippen LogP contribution in [0, 0.1) is 12.8 Å². The summed E-state index contributed by atoms with van der Waals surface area (Å²) >= 11 is 0. The molecule has 1 aliphatic carbocycles. The van der Waals surface area contributed by atoms with Gasteiger partial charge in [-0.3, -0.25) is 4.79 Å². The summed E-state index contributed by atoms with van der Waals surface area (Å²) in [7, 11) is 0. The summed E-state index contributed by atoms with van der Waals surface area (Å²) in [5, 5.41) is 1.09. The quantitative estimate of drug-likeness (QED) is 0.665. The van der Waals surface area contributed by atoms with E-state index in [1.165, 1.54) is 12.8 Å². The van der Waals surface area contributed by atoms with E-state index in [9.17, 15) is 9.59 Å². The van der Waals surface area contributed by atoms with Gasteiger partial charge in [0.25, 0.3) is 5.91 Å². The number of ether oxygens (including phenoxy) is 1. The van der Waals surface area contributed by atoms with Gasteiger partial charge in [-0.25, -0.2) is 9.78 Å². The molecule has 1 aromatic carbocycles. The van der Waals surface area contributed by atoms with E-state index in [2.05, 4.69) is 4.98 Å². The van der Waals surface area contributed by atoms with Gasteiger partial charge in [0.05, 0.1) is 18.8 Å². The third-order valence-electron chi connectivity index (χ3n) is 4.74. The second-order valence-electron chi connectivity index (χ2n) is 7.07. The molecule has 0 spiro atoms. The number of hydrogen-bond donors (Lipinski definition) is 0. The molecule has 1 amide bonds. The molecule has 2 heterocycles. The molecule has 142 valence electrons. The molecule has 27 heavy (non-hydrogen) atoms. The van der Waals surface area contributed by atoms with Gasteiger partial charge >= 0.3 is 5.97 Å². The molecular weight excluding hydrogens is 348 g/mol. The monoisotopic (exact) mass is 370 g/mol. The Hall–Kier alpha value is -2.83. The second-order valence-corrected chi connectivity index (χ2v) is 7.07. The minimum absolute atomic E-state index is 0.189. The SMILES string of the molecule is Cc1oc(CC2CC2)nc1CCOc1ccc(CN2OC(=O)CC2=O)cc1. The van der Waals surface area contributed by atoms with Crippen LogP contribution in [0.5, 0.6) is 5.75 Å². The van der Waals surface area contributed by atoms with Crippen LogP contribution in [0.2, 0.25) is 0 Å². The van der Waals surface area contributed by atoms with Gasteiger partial charge in [0.2, 0.25) is 0 Å². The van der Waals surface area contributed by atoms with E-state index in [1.807, 2.05) is 31.2 Å². The average molecular weight is 370 g/mol. The molecule has 1 aliphatic heterocycles. The molecule has 0 atom stereocenters. The molecular formula is C20H22N2O5. The zero-order chi connectivity index (χ0) is 18.8. The number of rotatable bonds is 8. The van der Waals surface area contributed by atoms with Crippen LogP contribution in [-0.2, 0) is 33.8 Å². The van der Waals surface area contributed by atoms with E-state index in [4.69, 9.17) is 14.0 Å². The molecule has 7 nitrogen and oxygen atoms in total. The molecule has 7 heteroatoms. The molecule has 0 N–H and O–H groups in total. The van der Waals surface area contributed by atoms with E-state index in [-0.39, 0.29) is 18.9 Å². The van der Waals surface area contributed by atoms with Crippen molar-refractivity contribution in [2.45, 2.75) is 45.6 Å². The van der Waals surface area contributed by atoms with Crippen molar-refractivity contribution in [1.29, 1.82) is 0 Å². The zero-order valence-corrected chi connectivity index (χ0v) is 15.3. The number of hydroxylamine groups is 2. The van der Waals surface area contributed by atoms with Gasteiger partial charge in [-0.15, -0.1) is 0 Å². The van der Waals surface area contributed by atoms with Crippen LogP contribution < -0.4 is 4.74 Å². The van der Waals surface area contributed by atoms with Crippen molar-refractivity contribution in [3.8, 4) is 5.75 Å². The highest BCUT2D eigenvalue weighted by molar-refractivity contribution is 5.98. The molecule has 0 radical (unpaired) electrons. The van der Waals surface area contributed by atoms with Crippen molar-refractivity contribution in [2.75, 3.05) is 6.61 Å². The molecule has 1 saturated carbocycles. The molecule has 2 aliphatic rings. The number of hydrogen-bond acceptors (Lipinski definition) is 6. The highest BCUT2D eigenvalue weighted by Gasteiger charge is 2.29. The molecule has 1 saturated heterocycles. The Morgan fingerprint density at radius 1 is 1.22 bits per heavy atom. The largest absolute Gasteiger partial charge is 0.493 e. The maximum Gasteiger partial charge on any atom is 0.342 e. The fourth-order valence-corrected chi connectivity index (χ4v) is 3.04. The standard InChI is InChI=1S/C20H22N2O5/c1-13-17(21-18(26-13)10-14-2-3-14)8-9-25-16-6-4-15(5-7-16)12-22-19(23)11-20(24)27-22/h4-7,14H,2-3,8-12H2,1H3. The Balaban J connectivity index is 1.26. The number of amides is 1. The second kappa shape index (κ2) is 7.42. The average Bonchev–Trinajstić information content (AvgIpc) is 3.30. The van der Waals surface area contributed by atoms with Crippen LogP contribution in [0.25, 0.3) is 0 Å². The van der Waals surface area contributed by atoms with Crippen LogP contribution >= 0.6 is 0 Å². The normalized spacial score (nSPS) is 16.7. The van der Waals surface area contributed by atoms with E-state index < -0.39 is 5.97 Å². The molecule has 1 aromatic heterocycles. The number of carbonyl (C=O) groups excluding carboxylic acids is 2. The number of benzene rings is 1. The Morgan fingerprint density at radius 3 is 2.67 bits per heavy atom. The lowest BCUT2D eigenvalue weighted by Crippen LogP contribution is -2.22. The van der Waals surface area contributed by atoms with Gasteiger partial charge in [-0.1, -0.05) is 12.1 Å². The lowest BCUT2D eigenvalue weighted by molar-refractivity contribution is -0.180. The van der Waals surface area contributed by atoms with Gasteiger partial charge in [-0.05, 0) is 43.4 Å². The van der Waals surface area contributed by atoms with Crippen molar-refractivity contribution < 1.29 is 23.6 Å². The topological polar surface area (TPSA) is 81.9 Å². The molecule has 0 unspecified atom stereocenters. The third-order valence-corrected chi connectivity index (χ3v) is 4.74. The number of aromatic nitrogens is 1. The van der Waals surface area contributed by atoms with Gasteiger partial charge in [0.15, 0.2) is 5.89 Å². The first-order chi connectivity index (χ1) is 13.1. The van der Waals surface area contributed by atoms with Crippen molar-refractivity contribution in [3.05, 3.63) is 47.2 Å². The first-order valence-electron chi connectivity index (χ1n) is 9.25. The molecule has 0 bridgehead atoms. The summed E-state index contributed by atoms with van der Waals surface area (Å²) in [5.74, 6) is 2.38. The fraction of sp³-hybridized carbons (Fsp3) is 0.450. The Labute approximate surface area is 157 Å². The van der Waals surface area contributed by atoms with Crippen LogP contribution in [0.4, 0.5) is 0 Å². The van der Waals surface area contributed by atoms with Crippen molar-refractivity contribution in [3.63, 3.8) is 0 Å². The van der Waals surface area contributed by atoms with E-state index >= 15 is 0 Å². The predicted octanol–water partition coefficient (Wildman–Crippen LogP) is 2.75. The third kappa shape index (κ3) is 4.48. The van der Waals surface area contributed by atoms with Crippen LogP contribution in [0.15, 0.2) is 28.7 Å². The summed E-state index contributed by atoms with van der Waals surface area (Å²) in [6.07, 6.45) is 4.01. The fourth-order valence-electron chi connectivity index (χ4n) is 3.04. The minimum Gasteiger partial charge on any atom is -0.493 e. The lowest BCUT2D eigenvalue weighted by Gasteiger charge is -2.13. The summed E-state index contributed by atoms with van der Waals surface area (Å²) in [6.45, 7) is 2.70. The number of oxazole rings is 1. The first-order valence-corrected chi connectivity index (χ1v) is 9.25. The predicted molar refractivity (Wildman–Crippen MR) is 94.6 cm³/mol. The minimum atomic E-state index is -0.511. The van der Waals surface area contributed by atoms with Crippen molar-refractivity contribution >= 4 is 11.9 Å². The van der Waals surface area contributed by atoms with Gasteiger partial charge < -0.3 is 14.0 Å². The van der Waals surface area contributed by atoms with Gasteiger partial charge in [0, 0.05) is 12.8 Å². The van der Waals surface area contributed by atoms with Crippen LogP contribution in [0.1, 0.15) is 42.2 Å². The Morgan fingerprint density at radius 2 is 2.00 bits per heavy atom. The number of carbonyl (C=O) groups is 2. The smallest absolute Gasteiger partial charge is 0.342 e. The number of aryl methyl sites for hydroxylation is 1. The highest BCUT2D eigenvalue weighted by atomic mass is 16.7. The highest BCUT2D eigenvalue weighted by Crippen LogP contribution is 2.32. The summed E-state index contributed by atoms with van der Waals surface area (Å²) in [6, 6.07) is 7.38. The Bertz CT molecular complexity index is 839. The van der Waals surface area contributed by atoms with Gasteiger partial charge in [-0.2, -0.15) is 5.06 Å². The van der Waals surface area contributed by atoms with Gasteiger partial charge in [0.1, 0.15) is 17.9 Å². The Kier molecular flexibility index (Phi) is 4.83. The first kappa shape index (κ1) is 17.6. The summed E-state index contributed by atoms with van der Waals surface area (Å²) < 4.78 is 11.5. The molecule has 2 fully saturated rings. The lowest BCUT2D eigenvalue weighted by atomic mass is 10.2. The maximum absolute atomic E-state index is 11.6. The van der Waals surface area contributed by atoms with Crippen molar-refractivity contribution in [2.24, 2.45) is 5.92 Å². The zero-order valence-electron chi connectivity index (χ0n) is 15.3. The van der Waals surface area contributed by atoms with Crippen LogP contribution in [-0.4, -0.2) is 28.5 Å². The molecule has 4 rings (SSSR count). The van der Waals surface area contributed by atoms with E-state index in [0.29, 0.717) is 13.0 Å². The summed E-state index contributed by atoms with van der Waals surface area (Å²) in [5.41, 5.74) is 1.82. The van der Waals surface area contributed by atoms with E-state index in [0.717, 1.165) is 46.1 Å². The van der Waals surface area contributed by atoms with Crippen LogP contribution in [0.3, 0.4) is 0 Å². The van der Waals surface area contributed by atoms with E-state index in [1.54, 1.807) is 0 Å². The van der Waals surface area contributed by atoms with Crippen molar-refractivity contribution in [1.82, 2.24) is 10.0 Å².